The first-order valence-electron chi connectivity index (χ1n) is 10.3. The number of hydrogen-bond acceptors (Lipinski definition) is 6. The van der Waals surface area contributed by atoms with E-state index in [4.69, 9.17) is 12.2 Å². The van der Waals surface area contributed by atoms with Gasteiger partial charge in [-0.3, -0.25) is 4.79 Å². The van der Waals surface area contributed by atoms with Gasteiger partial charge in [-0.15, -0.1) is 0 Å². The Morgan fingerprint density at radius 3 is 2.67 bits per heavy atom. The van der Waals surface area contributed by atoms with Gasteiger partial charge in [0.2, 0.25) is 5.91 Å². The van der Waals surface area contributed by atoms with E-state index in [0.29, 0.717) is 24.8 Å². The first-order chi connectivity index (χ1) is 15.4. The maximum Gasteiger partial charge on any atom is 0.387 e. The van der Waals surface area contributed by atoms with Crippen LogP contribution in [0.15, 0.2) is 18.2 Å². The maximum atomic E-state index is 14.6. The highest BCUT2D eigenvalue weighted by atomic mass is 32.2. The van der Waals surface area contributed by atoms with Crippen molar-refractivity contribution in [2.24, 2.45) is 5.92 Å². The van der Waals surface area contributed by atoms with Crippen LogP contribution in [0.1, 0.15) is 37.4 Å². The molecule has 12 heteroatoms. The predicted octanol–water partition coefficient (Wildman–Crippen LogP) is 3.24. The molecule has 0 saturated heterocycles. The summed E-state index contributed by atoms with van der Waals surface area (Å²) in [6.45, 7) is -1.19. The van der Waals surface area contributed by atoms with Gasteiger partial charge in [0.1, 0.15) is 17.3 Å². The van der Waals surface area contributed by atoms with Crippen molar-refractivity contribution in [1.82, 2.24) is 14.5 Å². The lowest BCUT2D eigenvalue weighted by Gasteiger charge is -2.41. The van der Waals surface area contributed by atoms with Gasteiger partial charge in [0.05, 0.1) is 11.9 Å². The number of carbonyl (C=O) groups excluding carboxylic acids is 1. The van der Waals surface area contributed by atoms with Gasteiger partial charge in [0, 0.05) is 41.8 Å². The van der Waals surface area contributed by atoms with E-state index >= 15 is 0 Å². The topological polar surface area (TPSA) is 90.3 Å². The highest BCUT2D eigenvalue weighted by Gasteiger charge is 2.40. The minimum atomic E-state index is -3.88. The SMILES string of the molecule is CC1(NC(=O)C2CCc3c(-c4cc(OC(F)F)ccc4F)nn(S(C)(=O)=O)c3C2)CC(=S)C1. The van der Waals surface area contributed by atoms with Crippen molar-refractivity contribution in [2.45, 2.75) is 51.2 Å². The Bertz CT molecular complexity index is 1240. The number of fused-ring (bicyclic) bond motifs is 1. The van der Waals surface area contributed by atoms with Gasteiger partial charge >= 0.3 is 6.61 Å². The van der Waals surface area contributed by atoms with Crippen LogP contribution in [0.4, 0.5) is 13.2 Å². The number of rotatable bonds is 6. The molecule has 0 bridgehead atoms. The molecule has 178 valence electrons. The van der Waals surface area contributed by atoms with E-state index in [2.05, 4.69) is 15.2 Å². The maximum absolute atomic E-state index is 14.6. The van der Waals surface area contributed by atoms with Gasteiger partial charge in [0.15, 0.2) is 0 Å². The van der Waals surface area contributed by atoms with E-state index in [0.717, 1.165) is 33.4 Å². The molecule has 0 radical (unpaired) electrons. The summed E-state index contributed by atoms with van der Waals surface area (Å²) in [7, 11) is -3.88. The van der Waals surface area contributed by atoms with Gasteiger partial charge in [-0.25, -0.2) is 12.8 Å². The molecule has 1 atom stereocenters. The molecule has 1 unspecified atom stereocenters. The minimum absolute atomic E-state index is 0.0304. The molecule has 2 aromatic rings. The van der Waals surface area contributed by atoms with E-state index in [1.54, 1.807) is 0 Å². The quantitative estimate of drug-likeness (QED) is 0.612. The molecule has 1 fully saturated rings. The Morgan fingerprint density at radius 2 is 2.06 bits per heavy atom. The molecule has 1 aromatic carbocycles. The van der Waals surface area contributed by atoms with Crippen molar-refractivity contribution in [2.75, 3.05) is 6.26 Å². The molecular weight excluding hydrogens is 479 g/mol. The number of nitrogens with one attached hydrogen (secondary N) is 1. The van der Waals surface area contributed by atoms with Gasteiger partial charge in [-0.1, -0.05) is 12.2 Å². The van der Waals surface area contributed by atoms with Crippen molar-refractivity contribution in [3.05, 3.63) is 35.3 Å². The van der Waals surface area contributed by atoms with Gasteiger partial charge in [-0.2, -0.15) is 18.0 Å². The van der Waals surface area contributed by atoms with Crippen molar-refractivity contribution in [1.29, 1.82) is 0 Å². The third-order valence-electron chi connectivity index (χ3n) is 5.94. The summed E-state index contributed by atoms with van der Waals surface area (Å²) in [5, 5.41) is 7.12. The van der Waals surface area contributed by atoms with E-state index in [1.165, 1.54) is 0 Å². The molecule has 1 aromatic heterocycles. The number of amides is 1. The molecule has 33 heavy (non-hydrogen) atoms. The van der Waals surface area contributed by atoms with E-state index in [1.807, 2.05) is 6.92 Å². The summed E-state index contributed by atoms with van der Waals surface area (Å²) in [5.74, 6) is -1.73. The monoisotopic (exact) mass is 501 g/mol. The third kappa shape index (κ3) is 4.77. The second-order valence-electron chi connectivity index (χ2n) is 8.78. The Balaban J connectivity index is 1.69. The van der Waals surface area contributed by atoms with Crippen molar-refractivity contribution in [3.8, 4) is 17.0 Å². The number of aromatic nitrogens is 2. The molecule has 1 saturated carbocycles. The van der Waals surface area contributed by atoms with Crippen molar-refractivity contribution >= 4 is 33.0 Å². The fraction of sp³-hybridized carbons (Fsp3) is 0.476. The van der Waals surface area contributed by atoms with E-state index in [9.17, 15) is 26.4 Å². The van der Waals surface area contributed by atoms with Crippen LogP contribution in [0, 0.1) is 11.7 Å². The Morgan fingerprint density at radius 1 is 1.36 bits per heavy atom. The fourth-order valence-corrected chi connectivity index (χ4v) is 5.92. The third-order valence-corrected chi connectivity index (χ3v) is 7.16. The second kappa shape index (κ2) is 8.39. The highest BCUT2D eigenvalue weighted by Crippen LogP contribution is 2.37. The van der Waals surface area contributed by atoms with Crippen LogP contribution in [0.5, 0.6) is 5.75 Å². The molecule has 0 spiro atoms. The van der Waals surface area contributed by atoms with Crippen LogP contribution >= 0.6 is 12.2 Å². The average Bonchev–Trinajstić information content (AvgIpc) is 3.07. The van der Waals surface area contributed by atoms with Gasteiger partial charge in [-0.05, 0) is 42.8 Å². The summed E-state index contributed by atoms with van der Waals surface area (Å²) >= 11 is 5.13. The van der Waals surface area contributed by atoms with Crippen molar-refractivity contribution < 1.29 is 31.1 Å². The van der Waals surface area contributed by atoms with Crippen molar-refractivity contribution in [3.63, 3.8) is 0 Å². The molecule has 7 nitrogen and oxygen atoms in total. The van der Waals surface area contributed by atoms with Crippen LogP contribution in [0.25, 0.3) is 11.3 Å². The molecular formula is C21H22F3N3O4S2. The number of alkyl halides is 2. The molecule has 0 aliphatic heterocycles. The highest BCUT2D eigenvalue weighted by molar-refractivity contribution is 7.89. The lowest BCUT2D eigenvalue weighted by Crippen LogP contribution is -2.56. The summed E-state index contributed by atoms with van der Waals surface area (Å²) in [5.41, 5.74) is 0.236. The number of carbonyl (C=O) groups is 1. The zero-order valence-electron chi connectivity index (χ0n) is 17.9. The molecule has 2 aliphatic carbocycles. The van der Waals surface area contributed by atoms with Crippen LogP contribution in [-0.2, 0) is 27.7 Å². The smallest absolute Gasteiger partial charge is 0.387 e. The van der Waals surface area contributed by atoms with Crippen LogP contribution in [-0.4, -0.2) is 46.8 Å². The zero-order valence-corrected chi connectivity index (χ0v) is 19.5. The standard InChI is InChI=1S/C21H22F3N3O4S2/c1-21(9-13(32)10-21)25-19(28)11-3-5-14-17(7-11)27(33(2,29)30)26-18(14)15-8-12(31-20(23)24)4-6-16(15)22/h4,6,8,11,20H,3,5,7,9-10H2,1-2H3,(H,25,28). The number of benzene rings is 1. The lowest BCUT2D eigenvalue weighted by molar-refractivity contribution is -0.127. The molecule has 1 N–H and O–H groups in total. The summed E-state index contributed by atoms with van der Waals surface area (Å²) < 4.78 is 69.8. The predicted molar refractivity (Wildman–Crippen MR) is 118 cm³/mol. The molecule has 1 heterocycles. The Kier molecular flexibility index (Phi) is 6.02. The van der Waals surface area contributed by atoms with Crippen LogP contribution in [0.3, 0.4) is 0 Å². The first kappa shape index (κ1) is 23.7. The Labute approximate surface area is 194 Å². The van der Waals surface area contributed by atoms with Gasteiger partial charge < -0.3 is 10.1 Å². The summed E-state index contributed by atoms with van der Waals surface area (Å²) in [6.07, 6.45) is 2.96. The van der Waals surface area contributed by atoms with E-state index in [-0.39, 0.29) is 41.4 Å². The summed E-state index contributed by atoms with van der Waals surface area (Å²) in [4.78, 5) is 13.8. The largest absolute Gasteiger partial charge is 0.435 e. The Hall–Kier alpha value is -2.47. The number of hydrogen-bond donors (Lipinski definition) is 1. The number of thiocarbonyl (C=S) groups is 1. The van der Waals surface area contributed by atoms with Crippen LogP contribution in [0.2, 0.25) is 0 Å². The average molecular weight is 502 g/mol. The number of ether oxygens (including phenoxy) is 1. The second-order valence-corrected chi connectivity index (χ2v) is 11.2. The molecule has 4 rings (SSSR count). The molecule has 1 amide bonds. The normalized spacial score (nSPS) is 19.7. The first-order valence-corrected chi connectivity index (χ1v) is 12.5. The lowest BCUT2D eigenvalue weighted by atomic mass is 9.77. The van der Waals surface area contributed by atoms with Crippen LogP contribution < -0.4 is 10.1 Å². The van der Waals surface area contributed by atoms with Gasteiger partial charge in [0.25, 0.3) is 10.0 Å². The fourth-order valence-electron chi connectivity index (χ4n) is 4.46. The number of halogens is 3. The minimum Gasteiger partial charge on any atom is -0.435 e. The summed E-state index contributed by atoms with van der Waals surface area (Å²) in [6, 6.07) is 3.08. The molecule has 2 aliphatic rings. The zero-order chi connectivity index (χ0) is 24.1. The van der Waals surface area contributed by atoms with E-state index < -0.39 is 33.9 Å². The number of nitrogens with zero attached hydrogens (tertiary/aromatic N) is 2.